The second-order valence-corrected chi connectivity index (χ2v) is 8.45. The quantitative estimate of drug-likeness (QED) is 0.769. The molecule has 0 atom stereocenters. The van der Waals surface area contributed by atoms with Crippen molar-refractivity contribution in [3.05, 3.63) is 35.9 Å². The maximum absolute atomic E-state index is 13.9. The van der Waals surface area contributed by atoms with E-state index in [0.29, 0.717) is 6.07 Å². The normalized spacial score (nSPS) is 12.4. The maximum atomic E-state index is 13.9. The van der Waals surface area contributed by atoms with Crippen molar-refractivity contribution in [2.75, 3.05) is 15.7 Å². The monoisotopic (exact) mass is 398 g/mol. The Labute approximate surface area is 141 Å². The molecule has 0 amide bonds. The molecular formula is C12H13F3N4O4S2. The molecule has 1 aromatic carbocycles. The molecule has 0 aliphatic rings. The molecule has 1 heterocycles. The molecule has 0 bridgehead atoms. The molecule has 0 radical (unpaired) electrons. The smallest absolute Gasteiger partial charge is 0.281 e. The Morgan fingerprint density at radius 1 is 1.12 bits per heavy atom. The summed E-state index contributed by atoms with van der Waals surface area (Å²) in [7, 11) is -6.82. The third kappa shape index (κ3) is 4.63. The molecule has 2 aromatic rings. The van der Waals surface area contributed by atoms with Gasteiger partial charge in [-0.3, -0.25) is 14.1 Å². The van der Waals surface area contributed by atoms with Crippen LogP contribution in [0.1, 0.15) is 12.1 Å². The van der Waals surface area contributed by atoms with Gasteiger partial charge in [-0.2, -0.15) is 5.10 Å². The minimum atomic E-state index is -4.39. The van der Waals surface area contributed by atoms with Crippen LogP contribution in [0.4, 0.5) is 24.5 Å². The number of hydrogen-bond donors (Lipinski definition) is 2. The number of nitrogens with one attached hydrogen (secondary N) is 2. The zero-order valence-electron chi connectivity index (χ0n) is 12.9. The molecule has 0 aliphatic heterocycles. The molecule has 25 heavy (non-hydrogen) atoms. The summed E-state index contributed by atoms with van der Waals surface area (Å²) in [6, 6.07) is 2.40. The summed E-state index contributed by atoms with van der Waals surface area (Å²) in [4.78, 5) is -0.576. The number of anilines is 2. The van der Waals surface area contributed by atoms with E-state index in [-0.39, 0.29) is 0 Å². The molecule has 8 nitrogen and oxygen atoms in total. The van der Waals surface area contributed by atoms with Gasteiger partial charge in [-0.25, -0.2) is 30.0 Å². The van der Waals surface area contributed by atoms with E-state index in [2.05, 4.69) is 5.10 Å². The molecule has 13 heteroatoms. The Kier molecular flexibility index (Phi) is 4.99. The molecule has 2 rings (SSSR count). The molecule has 0 saturated heterocycles. The van der Waals surface area contributed by atoms with Crippen molar-refractivity contribution in [2.45, 2.75) is 11.3 Å². The zero-order chi connectivity index (χ0) is 19.0. The molecule has 0 saturated carbocycles. The van der Waals surface area contributed by atoms with Gasteiger partial charge in [0.2, 0.25) is 10.0 Å². The first-order valence-electron chi connectivity index (χ1n) is 6.51. The van der Waals surface area contributed by atoms with Crippen molar-refractivity contribution >= 4 is 31.4 Å². The molecule has 0 aliphatic carbocycles. The van der Waals surface area contributed by atoms with Gasteiger partial charge in [0.05, 0.1) is 22.5 Å². The number of rotatable bonds is 6. The van der Waals surface area contributed by atoms with E-state index in [1.807, 2.05) is 9.44 Å². The third-order valence-corrected chi connectivity index (χ3v) is 4.81. The Hall–Kier alpha value is -2.28. The Balaban J connectivity index is 2.36. The van der Waals surface area contributed by atoms with Gasteiger partial charge in [0.25, 0.3) is 16.4 Å². The molecule has 0 spiro atoms. The van der Waals surface area contributed by atoms with E-state index in [0.717, 1.165) is 29.3 Å². The standard InChI is InChI=1S/C12H13F3N4O4S2/c1-19-6-10(11(16-19)12(14)15)18-25(22,23)7-3-4-9(8(13)5-7)17-24(2,20)21/h3-6,12,17-18H,1-2H3. The van der Waals surface area contributed by atoms with Crippen LogP contribution >= 0.6 is 0 Å². The Morgan fingerprint density at radius 3 is 2.28 bits per heavy atom. The molecule has 0 fully saturated rings. The fourth-order valence-corrected chi connectivity index (χ4v) is 3.53. The predicted octanol–water partition coefficient (Wildman–Crippen LogP) is 1.67. The van der Waals surface area contributed by atoms with Crippen LogP contribution in [0.2, 0.25) is 0 Å². The Bertz CT molecular complexity index is 1000. The van der Waals surface area contributed by atoms with Gasteiger partial charge in [-0.1, -0.05) is 0 Å². The van der Waals surface area contributed by atoms with Gasteiger partial charge in [0.1, 0.15) is 5.82 Å². The van der Waals surface area contributed by atoms with Gasteiger partial charge >= 0.3 is 0 Å². The number of alkyl halides is 2. The summed E-state index contributed by atoms with van der Waals surface area (Å²) in [5.41, 5.74) is -1.67. The summed E-state index contributed by atoms with van der Waals surface area (Å²) in [5.74, 6) is -1.14. The SMILES string of the molecule is Cn1cc(NS(=O)(=O)c2ccc(NS(C)(=O)=O)c(F)c2)c(C(F)F)n1. The van der Waals surface area contributed by atoms with Crippen molar-refractivity contribution < 1.29 is 30.0 Å². The van der Waals surface area contributed by atoms with Crippen LogP contribution in [0.25, 0.3) is 0 Å². The van der Waals surface area contributed by atoms with Gasteiger partial charge in [-0.15, -0.1) is 0 Å². The van der Waals surface area contributed by atoms with Gasteiger partial charge < -0.3 is 0 Å². The van der Waals surface area contributed by atoms with Crippen molar-refractivity contribution in [1.29, 1.82) is 0 Å². The minimum absolute atomic E-state index is 0.448. The zero-order valence-corrected chi connectivity index (χ0v) is 14.5. The van der Waals surface area contributed by atoms with Crippen molar-refractivity contribution in [2.24, 2.45) is 7.05 Å². The topological polar surface area (TPSA) is 110 Å². The minimum Gasteiger partial charge on any atom is -0.281 e. The first kappa shape index (κ1) is 19.1. The lowest BCUT2D eigenvalue weighted by atomic mass is 10.3. The largest absolute Gasteiger partial charge is 0.284 e. The highest BCUT2D eigenvalue weighted by Crippen LogP contribution is 2.28. The molecular weight excluding hydrogens is 385 g/mol. The van der Waals surface area contributed by atoms with Crippen LogP contribution in [-0.4, -0.2) is 32.9 Å². The fourth-order valence-electron chi connectivity index (χ4n) is 1.89. The van der Waals surface area contributed by atoms with Crippen LogP contribution in [0.15, 0.2) is 29.3 Å². The first-order valence-corrected chi connectivity index (χ1v) is 9.88. The van der Waals surface area contributed by atoms with Crippen molar-refractivity contribution in [3.63, 3.8) is 0 Å². The molecule has 1 aromatic heterocycles. The van der Waals surface area contributed by atoms with Crippen molar-refractivity contribution in [1.82, 2.24) is 9.78 Å². The number of hydrogen-bond acceptors (Lipinski definition) is 5. The van der Waals surface area contributed by atoms with Gasteiger partial charge in [-0.05, 0) is 18.2 Å². The summed E-state index contributed by atoms with van der Waals surface area (Å²) in [5, 5.41) is 3.45. The van der Waals surface area contributed by atoms with E-state index in [1.165, 1.54) is 7.05 Å². The molecule has 138 valence electrons. The summed E-state index contributed by atoms with van der Waals surface area (Å²) in [6.45, 7) is 0. The van der Waals surface area contributed by atoms with Crippen LogP contribution in [0.5, 0.6) is 0 Å². The lowest BCUT2D eigenvalue weighted by Gasteiger charge is -2.10. The van der Waals surface area contributed by atoms with E-state index in [1.54, 1.807) is 0 Å². The van der Waals surface area contributed by atoms with E-state index < -0.39 is 54.3 Å². The molecule has 2 N–H and O–H groups in total. The summed E-state index contributed by atoms with van der Waals surface area (Å²) < 4.78 is 91.1. The van der Waals surface area contributed by atoms with Crippen LogP contribution < -0.4 is 9.44 Å². The highest BCUT2D eigenvalue weighted by molar-refractivity contribution is 7.92. The van der Waals surface area contributed by atoms with E-state index in [9.17, 15) is 30.0 Å². The highest BCUT2D eigenvalue weighted by atomic mass is 32.2. The average molecular weight is 398 g/mol. The number of aromatic nitrogens is 2. The number of sulfonamides is 2. The van der Waals surface area contributed by atoms with E-state index >= 15 is 0 Å². The van der Waals surface area contributed by atoms with E-state index in [4.69, 9.17) is 0 Å². The Morgan fingerprint density at radius 2 is 1.76 bits per heavy atom. The van der Waals surface area contributed by atoms with Crippen molar-refractivity contribution in [3.8, 4) is 0 Å². The molecule has 0 unspecified atom stereocenters. The maximum Gasteiger partial charge on any atom is 0.284 e. The third-order valence-electron chi connectivity index (χ3n) is 2.85. The first-order chi connectivity index (χ1) is 11.4. The van der Waals surface area contributed by atoms with Gasteiger partial charge in [0, 0.05) is 13.2 Å². The summed E-state index contributed by atoms with van der Waals surface area (Å²) >= 11 is 0. The predicted molar refractivity (Wildman–Crippen MR) is 83.8 cm³/mol. The van der Waals surface area contributed by atoms with Crippen LogP contribution in [0.3, 0.4) is 0 Å². The highest BCUT2D eigenvalue weighted by Gasteiger charge is 2.23. The number of aryl methyl sites for hydroxylation is 1. The average Bonchev–Trinajstić information content (AvgIpc) is 2.79. The lowest BCUT2D eigenvalue weighted by molar-refractivity contribution is 0.146. The summed E-state index contributed by atoms with van der Waals surface area (Å²) in [6.07, 6.45) is -1.18. The number of nitrogens with zero attached hydrogens (tertiary/aromatic N) is 2. The second kappa shape index (κ2) is 6.55. The second-order valence-electron chi connectivity index (χ2n) is 5.02. The number of benzene rings is 1. The number of halogens is 3. The fraction of sp³-hybridized carbons (Fsp3) is 0.250. The lowest BCUT2D eigenvalue weighted by Crippen LogP contribution is -2.15. The van der Waals surface area contributed by atoms with Crippen LogP contribution in [-0.2, 0) is 27.1 Å². The van der Waals surface area contributed by atoms with Crippen LogP contribution in [0, 0.1) is 5.82 Å². The van der Waals surface area contributed by atoms with Gasteiger partial charge in [0.15, 0.2) is 5.69 Å².